The number of carbonyl (C=O) groups is 1. The highest BCUT2D eigenvalue weighted by Crippen LogP contribution is 2.42. The normalized spacial score (nSPS) is 17.7. The van der Waals surface area contributed by atoms with Gasteiger partial charge in [-0.2, -0.15) is 5.26 Å². The van der Waals surface area contributed by atoms with Crippen molar-refractivity contribution >= 4 is 55.8 Å². The minimum absolute atomic E-state index is 0.127. The molecule has 5 aromatic rings. The van der Waals surface area contributed by atoms with E-state index in [1.54, 1.807) is 38.2 Å². The fourth-order valence-corrected chi connectivity index (χ4v) is 8.17. The number of thiophene rings is 1. The van der Waals surface area contributed by atoms with E-state index in [1.807, 2.05) is 13.0 Å². The zero-order valence-corrected chi connectivity index (χ0v) is 27.2. The molecule has 11 nitrogen and oxygen atoms in total. The quantitative estimate of drug-likeness (QED) is 0.249. The van der Waals surface area contributed by atoms with Crippen LogP contribution < -0.4 is 15.2 Å². The van der Waals surface area contributed by atoms with E-state index in [0.717, 1.165) is 29.8 Å². The van der Waals surface area contributed by atoms with Gasteiger partial charge in [-0.3, -0.25) is 14.3 Å². The number of likely N-dealkylation sites (tertiary alicyclic amines) is 1. The molecule has 46 heavy (non-hydrogen) atoms. The Hall–Kier alpha value is -4.57. The summed E-state index contributed by atoms with van der Waals surface area (Å²) in [5, 5.41) is 20.8. The maximum atomic E-state index is 13.9. The van der Waals surface area contributed by atoms with Gasteiger partial charge in [0.15, 0.2) is 0 Å². The number of aromatic carboxylic acids is 1. The van der Waals surface area contributed by atoms with Crippen LogP contribution in [0, 0.1) is 32.1 Å². The Bertz CT molecular complexity index is 2180. The largest absolute Gasteiger partial charge is 0.491 e. The molecule has 2 aliphatic rings. The topological polar surface area (TPSA) is 137 Å². The molecule has 0 spiro atoms. The second-order valence-corrected chi connectivity index (χ2v) is 13.6. The highest BCUT2D eigenvalue weighted by Gasteiger charge is 2.45. The second kappa shape index (κ2) is 11.3. The van der Waals surface area contributed by atoms with Crippen molar-refractivity contribution in [1.82, 2.24) is 24.4 Å². The lowest BCUT2D eigenvalue weighted by Crippen LogP contribution is -2.68. The van der Waals surface area contributed by atoms with E-state index in [1.165, 1.54) is 15.9 Å². The van der Waals surface area contributed by atoms with Crippen molar-refractivity contribution < 1.29 is 14.6 Å². The average molecular weight is 656 g/mol. The molecule has 1 N–H and O–H groups in total. The van der Waals surface area contributed by atoms with Crippen LogP contribution in [0.3, 0.4) is 0 Å². The zero-order chi connectivity index (χ0) is 32.4. The number of aromatic nitrogens is 4. The predicted octanol–water partition coefficient (Wildman–Crippen LogP) is 5.19. The van der Waals surface area contributed by atoms with Crippen molar-refractivity contribution in [3.63, 3.8) is 0 Å². The lowest BCUT2D eigenvalue weighted by atomic mass is 9.87. The molecule has 0 amide bonds. The minimum atomic E-state index is -1.03. The number of anilines is 1. The molecule has 4 aromatic heterocycles. The third kappa shape index (κ3) is 4.86. The number of likely N-dealkylation sites (N-methyl/N-ethyl adjacent to an activating group) is 1. The first-order valence-electron chi connectivity index (χ1n) is 14.9. The van der Waals surface area contributed by atoms with Crippen molar-refractivity contribution in [2.24, 2.45) is 0 Å². The monoisotopic (exact) mass is 655 g/mol. The fraction of sp³-hybridized carbons (Fsp3) is 0.333. The SMILES string of the molecule is Cc1cc(-c2cc(Cl)ccc2OCCn2c(C)nc3cnc(N4[C@@H]5C[C@H]4CN(C)C5)c(C#N)c3c2=O)c2sc(C)c(C(=O)O)c2n1. The summed E-state index contributed by atoms with van der Waals surface area (Å²) in [6.45, 7) is 7.42. The number of benzene rings is 1. The van der Waals surface area contributed by atoms with Gasteiger partial charge in [-0.1, -0.05) is 11.6 Å². The number of ether oxygens (including phenoxy) is 1. The van der Waals surface area contributed by atoms with E-state index >= 15 is 0 Å². The highest BCUT2D eigenvalue weighted by atomic mass is 35.5. The molecular weight excluding hydrogens is 626 g/mol. The molecule has 2 saturated heterocycles. The van der Waals surface area contributed by atoms with E-state index in [-0.39, 0.29) is 47.3 Å². The van der Waals surface area contributed by atoms with Crippen molar-refractivity contribution in [2.45, 2.75) is 45.8 Å². The van der Waals surface area contributed by atoms with Crippen LogP contribution in [0.15, 0.2) is 35.3 Å². The molecule has 0 radical (unpaired) electrons. The van der Waals surface area contributed by atoms with Crippen molar-refractivity contribution in [1.29, 1.82) is 5.26 Å². The van der Waals surface area contributed by atoms with Gasteiger partial charge in [0.05, 0.1) is 39.4 Å². The first-order valence-corrected chi connectivity index (χ1v) is 16.1. The number of rotatable bonds is 7. The number of nitriles is 1. The maximum absolute atomic E-state index is 13.9. The van der Waals surface area contributed by atoms with Crippen LogP contribution in [0.1, 0.15) is 38.7 Å². The maximum Gasteiger partial charge on any atom is 0.339 e. The minimum Gasteiger partial charge on any atom is -0.491 e. The van der Waals surface area contributed by atoms with E-state index in [4.69, 9.17) is 16.3 Å². The smallest absolute Gasteiger partial charge is 0.339 e. The van der Waals surface area contributed by atoms with E-state index in [0.29, 0.717) is 49.6 Å². The molecular formula is C33H30ClN7O4S. The van der Waals surface area contributed by atoms with Crippen molar-refractivity contribution in [3.05, 3.63) is 73.4 Å². The van der Waals surface area contributed by atoms with Crippen LogP contribution >= 0.6 is 22.9 Å². The number of halogens is 1. The molecule has 0 unspecified atom stereocenters. The summed E-state index contributed by atoms with van der Waals surface area (Å²) in [4.78, 5) is 44.9. The van der Waals surface area contributed by atoms with Gasteiger partial charge in [-0.25, -0.2) is 14.8 Å². The summed E-state index contributed by atoms with van der Waals surface area (Å²) in [7, 11) is 2.09. The summed E-state index contributed by atoms with van der Waals surface area (Å²) >= 11 is 7.80. The first-order chi connectivity index (χ1) is 22.0. The Morgan fingerprint density at radius 2 is 1.93 bits per heavy atom. The van der Waals surface area contributed by atoms with Gasteiger partial charge in [-0.15, -0.1) is 11.3 Å². The number of hydrogen-bond acceptors (Lipinski definition) is 10. The Morgan fingerprint density at radius 3 is 2.65 bits per heavy atom. The molecule has 2 aliphatic heterocycles. The third-order valence-electron chi connectivity index (χ3n) is 8.87. The molecule has 13 heteroatoms. The second-order valence-electron chi connectivity index (χ2n) is 11.9. The number of carboxylic acids is 1. The first kappa shape index (κ1) is 30.1. The molecule has 234 valence electrons. The number of nitrogens with zero attached hydrogens (tertiary/aromatic N) is 7. The number of pyridine rings is 2. The summed E-state index contributed by atoms with van der Waals surface area (Å²) in [6.07, 6.45) is 2.64. The van der Waals surface area contributed by atoms with Gasteiger partial charge >= 0.3 is 5.97 Å². The number of carboxylic acid groups (broad SMARTS) is 1. The van der Waals surface area contributed by atoms with Gasteiger partial charge in [0, 0.05) is 51.9 Å². The number of piperidine rings is 1. The molecule has 2 fully saturated rings. The summed E-state index contributed by atoms with van der Waals surface area (Å²) in [6, 6.07) is 9.96. The Morgan fingerprint density at radius 1 is 1.17 bits per heavy atom. The van der Waals surface area contributed by atoms with Crippen LogP contribution in [-0.4, -0.2) is 74.3 Å². The van der Waals surface area contributed by atoms with Crippen LogP contribution in [0.4, 0.5) is 5.82 Å². The van der Waals surface area contributed by atoms with Crippen LogP contribution in [-0.2, 0) is 6.54 Å². The Balaban J connectivity index is 1.22. The Labute approximate surface area is 273 Å². The summed E-state index contributed by atoms with van der Waals surface area (Å²) < 4.78 is 8.54. The van der Waals surface area contributed by atoms with Gasteiger partial charge in [0.1, 0.15) is 35.6 Å². The molecule has 0 saturated carbocycles. The van der Waals surface area contributed by atoms with Gasteiger partial charge in [0.25, 0.3) is 5.56 Å². The van der Waals surface area contributed by atoms with Crippen LogP contribution in [0.2, 0.25) is 5.02 Å². The number of fused-ring (bicyclic) bond motifs is 4. The standard InChI is InChI=1S/C33H30ClN7O4S/c1-16-9-23(30-29(37-16)27(33(43)44)17(2)46-30)22-10-19(34)5-6-26(22)45-8-7-40-18(3)38-25-13-36-31(24(12-35)28(25)32(40)42)41-20-11-21(41)15-39(4)14-20/h5-6,9-10,13,20-21H,7-8,11,14-15H2,1-4H3,(H,43,44)/t20-,21+. The molecule has 6 heterocycles. The van der Waals surface area contributed by atoms with Gasteiger partial charge in [-0.05, 0) is 58.5 Å². The van der Waals surface area contributed by atoms with E-state index < -0.39 is 5.97 Å². The van der Waals surface area contributed by atoms with E-state index in [9.17, 15) is 20.0 Å². The van der Waals surface area contributed by atoms with Crippen molar-refractivity contribution in [2.75, 3.05) is 31.6 Å². The lowest BCUT2D eigenvalue weighted by molar-refractivity contribution is 0.0698. The summed E-state index contributed by atoms with van der Waals surface area (Å²) in [5.41, 5.74) is 3.07. The highest BCUT2D eigenvalue weighted by molar-refractivity contribution is 7.20. The average Bonchev–Trinajstić information content (AvgIpc) is 3.34. The molecule has 0 aliphatic carbocycles. The molecule has 1 aromatic carbocycles. The zero-order valence-electron chi connectivity index (χ0n) is 25.7. The van der Waals surface area contributed by atoms with Crippen molar-refractivity contribution in [3.8, 4) is 22.9 Å². The molecule has 7 rings (SSSR count). The van der Waals surface area contributed by atoms with Gasteiger partial charge in [0.2, 0.25) is 0 Å². The molecule has 2 bridgehead atoms. The van der Waals surface area contributed by atoms with Gasteiger partial charge < -0.3 is 19.6 Å². The lowest BCUT2D eigenvalue weighted by Gasteiger charge is -2.56. The number of piperazine rings is 1. The molecule has 2 atom stereocenters. The summed E-state index contributed by atoms with van der Waals surface area (Å²) in [5.74, 6) is 0.537. The Kier molecular flexibility index (Phi) is 7.43. The van der Waals surface area contributed by atoms with Crippen LogP contribution in [0.5, 0.6) is 5.75 Å². The van der Waals surface area contributed by atoms with E-state index in [2.05, 4.69) is 37.9 Å². The van der Waals surface area contributed by atoms with Crippen LogP contribution in [0.25, 0.3) is 32.2 Å². The number of hydrogen-bond donors (Lipinski definition) is 1. The number of aryl methyl sites for hydroxylation is 3. The predicted molar refractivity (Wildman–Crippen MR) is 177 cm³/mol. The third-order valence-corrected chi connectivity index (χ3v) is 10.2. The fourth-order valence-electron chi connectivity index (χ4n) is 6.88.